The second kappa shape index (κ2) is 11.3. The highest BCUT2D eigenvalue weighted by molar-refractivity contribution is 7.22. The minimum Gasteiger partial charge on any atom is -0.505 e. The molecule has 42 heavy (non-hydrogen) atoms. The number of aliphatic hydroxyl groups is 1. The molecule has 0 aliphatic carbocycles. The van der Waals surface area contributed by atoms with Gasteiger partial charge in [0.1, 0.15) is 22.8 Å². The molecule has 10 heteroatoms. The van der Waals surface area contributed by atoms with Crippen molar-refractivity contribution in [2.45, 2.75) is 39.7 Å². The minimum absolute atomic E-state index is 0.0336. The van der Waals surface area contributed by atoms with Crippen LogP contribution in [0.5, 0.6) is 11.5 Å². The number of aliphatic hydroxyl groups excluding tert-OH is 1. The van der Waals surface area contributed by atoms with Gasteiger partial charge in [-0.25, -0.2) is 9.97 Å². The van der Waals surface area contributed by atoms with E-state index in [0.29, 0.717) is 58.0 Å². The van der Waals surface area contributed by atoms with Crippen LogP contribution in [0.4, 0.5) is 5.13 Å². The molecule has 0 saturated carbocycles. The lowest BCUT2D eigenvalue weighted by Gasteiger charge is -2.23. The Kier molecular flexibility index (Phi) is 7.38. The Morgan fingerprint density at radius 3 is 2.64 bits per heavy atom. The minimum atomic E-state index is -0.944. The Hall–Kier alpha value is -4.70. The van der Waals surface area contributed by atoms with E-state index in [1.807, 2.05) is 67.6 Å². The first kappa shape index (κ1) is 27.5. The number of benzene rings is 2. The highest BCUT2D eigenvalue weighted by Crippen LogP contribution is 2.45. The summed E-state index contributed by atoms with van der Waals surface area (Å²) < 4.78 is 14.1. The number of Topliss-reactive ketones (excluding diaryl/α,β-unsaturated/α-hetero) is 1. The van der Waals surface area contributed by atoms with E-state index in [-0.39, 0.29) is 11.3 Å². The third-order valence-corrected chi connectivity index (χ3v) is 8.20. The molecule has 5 aromatic rings. The second-order valence-corrected chi connectivity index (χ2v) is 11.0. The van der Waals surface area contributed by atoms with Crippen LogP contribution in [0.15, 0.2) is 72.4 Å². The standard InChI is InChI=1S/C32H30N4O5S/c1-4-6-16-41-21-11-9-10-20(17-21)28-26(29(37)27-19(3)33-25-12-7-8-15-35(25)27)30(38)31(39)36(28)32-34-23-14-13-22(40-5-2)18-24(23)42-32/h7-15,17-18,28,37H,4-6,16H2,1-3H3. The number of rotatable bonds is 9. The molecule has 2 aromatic carbocycles. The molecule has 1 aliphatic heterocycles. The van der Waals surface area contributed by atoms with E-state index in [0.717, 1.165) is 17.5 Å². The van der Waals surface area contributed by atoms with Crippen LogP contribution in [-0.2, 0) is 9.59 Å². The lowest BCUT2D eigenvalue weighted by atomic mass is 9.96. The van der Waals surface area contributed by atoms with Crippen molar-refractivity contribution < 1.29 is 24.2 Å². The van der Waals surface area contributed by atoms with Gasteiger partial charge in [0.15, 0.2) is 10.9 Å². The summed E-state index contributed by atoms with van der Waals surface area (Å²) in [6, 6.07) is 17.4. The van der Waals surface area contributed by atoms with Gasteiger partial charge in [0.05, 0.1) is 40.7 Å². The van der Waals surface area contributed by atoms with Gasteiger partial charge in [-0.3, -0.25) is 18.9 Å². The van der Waals surface area contributed by atoms with Crippen LogP contribution >= 0.6 is 11.3 Å². The predicted molar refractivity (Wildman–Crippen MR) is 162 cm³/mol. The zero-order valence-electron chi connectivity index (χ0n) is 23.5. The summed E-state index contributed by atoms with van der Waals surface area (Å²) in [7, 11) is 0. The van der Waals surface area contributed by atoms with Crippen molar-refractivity contribution in [2.75, 3.05) is 18.1 Å². The molecule has 1 saturated heterocycles. The van der Waals surface area contributed by atoms with Crippen LogP contribution in [0.2, 0.25) is 0 Å². The Morgan fingerprint density at radius 2 is 1.83 bits per heavy atom. The summed E-state index contributed by atoms with van der Waals surface area (Å²) in [6.07, 6.45) is 3.65. The van der Waals surface area contributed by atoms with Crippen LogP contribution in [-0.4, -0.2) is 44.4 Å². The maximum atomic E-state index is 13.8. The Balaban J connectivity index is 1.54. The van der Waals surface area contributed by atoms with Crippen LogP contribution in [0.25, 0.3) is 21.6 Å². The zero-order chi connectivity index (χ0) is 29.4. The first-order valence-corrected chi connectivity index (χ1v) is 14.7. The lowest BCUT2D eigenvalue weighted by Crippen LogP contribution is -2.29. The van der Waals surface area contributed by atoms with Gasteiger partial charge >= 0.3 is 5.91 Å². The monoisotopic (exact) mass is 582 g/mol. The van der Waals surface area contributed by atoms with Gasteiger partial charge in [-0.15, -0.1) is 0 Å². The summed E-state index contributed by atoms with van der Waals surface area (Å²) in [4.78, 5) is 38.2. The van der Waals surface area contributed by atoms with Crippen molar-refractivity contribution in [3.8, 4) is 11.5 Å². The number of aromatic nitrogens is 3. The van der Waals surface area contributed by atoms with Crippen molar-refractivity contribution in [3.63, 3.8) is 0 Å². The van der Waals surface area contributed by atoms with Gasteiger partial charge in [-0.05, 0) is 68.3 Å². The predicted octanol–water partition coefficient (Wildman–Crippen LogP) is 6.46. The molecule has 6 rings (SSSR count). The number of ether oxygens (including phenoxy) is 2. The molecule has 1 atom stereocenters. The summed E-state index contributed by atoms with van der Waals surface area (Å²) in [5.74, 6) is -0.556. The molecule has 1 aliphatic rings. The average Bonchev–Trinajstić information content (AvgIpc) is 3.63. The molecule has 0 radical (unpaired) electrons. The fourth-order valence-corrected chi connectivity index (χ4v) is 6.25. The summed E-state index contributed by atoms with van der Waals surface area (Å²) in [6.45, 7) is 6.82. The Morgan fingerprint density at radius 1 is 1.00 bits per heavy atom. The molecule has 0 bridgehead atoms. The number of hydrogen-bond donors (Lipinski definition) is 1. The first-order valence-electron chi connectivity index (χ1n) is 13.9. The molecule has 214 valence electrons. The van der Waals surface area contributed by atoms with Crippen LogP contribution in [0.1, 0.15) is 49.7 Å². The van der Waals surface area contributed by atoms with Gasteiger partial charge in [0, 0.05) is 6.20 Å². The highest BCUT2D eigenvalue weighted by atomic mass is 32.1. The average molecular weight is 583 g/mol. The number of unbranched alkanes of at least 4 members (excludes halogenated alkanes) is 1. The van der Waals surface area contributed by atoms with Crippen molar-refractivity contribution in [2.24, 2.45) is 0 Å². The summed E-state index contributed by atoms with van der Waals surface area (Å²) in [5, 5.41) is 12.1. The van der Waals surface area contributed by atoms with Gasteiger partial charge in [0.2, 0.25) is 0 Å². The molecule has 3 aromatic heterocycles. The lowest BCUT2D eigenvalue weighted by molar-refractivity contribution is -0.132. The van der Waals surface area contributed by atoms with Crippen molar-refractivity contribution in [3.05, 3.63) is 89.4 Å². The summed E-state index contributed by atoms with van der Waals surface area (Å²) >= 11 is 1.29. The van der Waals surface area contributed by atoms with Crippen LogP contribution in [0.3, 0.4) is 0 Å². The molecule has 1 fully saturated rings. The normalized spacial score (nSPS) is 16.5. The van der Waals surface area contributed by atoms with E-state index in [2.05, 4.69) is 11.9 Å². The maximum Gasteiger partial charge on any atom is 0.301 e. The Bertz CT molecular complexity index is 1860. The smallest absolute Gasteiger partial charge is 0.301 e. The molecular weight excluding hydrogens is 552 g/mol. The van der Waals surface area contributed by atoms with Crippen molar-refractivity contribution >= 4 is 49.8 Å². The molecule has 9 nitrogen and oxygen atoms in total. The first-order chi connectivity index (χ1) is 20.4. The third kappa shape index (κ3) is 4.77. The third-order valence-electron chi connectivity index (χ3n) is 7.18. The molecular formula is C32H30N4O5S. The number of hydrogen-bond acceptors (Lipinski definition) is 8. The fourth-order valence-electron chi connectivity index (χ4n) is 5.23. The van der Waals surface area contributed by atoms with E-state index in [4.69, 9.17) is 14.5 Å². The number of thiazole rings is 1. The SMILES string of the molecule is CCCCOc1cccc(C2C(=C(O)c3c(C)nc4ccccn34)C(=O)C(=O)N2c2nc3ccc(OCC)cc3s2)c1. The van der Waals surface area contributed by atoms with Crippen molar-refractivity contribution in [1.29, 1.82) is 0 Å². The number of carbonyl (C=O) groups excluding carboxylic acids is 2. The number of anilines is 1. The maximum absolute atomic E-state index is 13.8. The number of carbonyl (C=O) groups is 2. The zero-order valence-corrected chi connectivity index (χ0v) is 24.4. The van der Waals surface area contributed by atoms with E-state index in [1.54, 1.807) is 17.5 Å². The largest absolute Gasteiger partial charge is 0.505 e. The van der Waals surface area contributed by atoms with E-state index in [1.165, 1.54) is 16.2 Å². The van der Waals surface area contributed by atoms with Gasteiger partial charge in [-0.1, -0.05) is 42.9 Å². The molecule has 4 heterocycles. The van der Waals surface area contributed by atoms with Crippen molar-refractivity contribution in [1.82, 2.24) is 14.4 Å². The molecule has 1 N–H and O–H groups in total. The topological polar surface area (TPSA) is 106 Å². The molecule has 0 spiro atoms. The molecule has 1 amide bonds. The molecule has 1 unspecified atom stereocenters. The van der Waals surface area contributed by atoms with E-state index >= 15 is 0 Å². The quantitative estimate of drug-likeness (QED) is 0.0921. The van der Waals surface area contributed by atoms with Crippen LogP contribution < -0.4 is 14.4 Å². The highest BCUT2D eigenvalue weighted by Gasteiger charge is 2.48. The number of ketones is 1. The number of pyridine rings is 1. The number of aryl methyl sites for hydroxylation is 1. The van der Waals surface area contributed by atoms with E-state index in [9.17, 15) is 14.7 Å². The van der Waals surface area contributed by atoms with Gasteiger partial charge < -0.3 is 14.6 Å². The van der Waals surface area contributed by atoms with Gasteiger partial charge in [0.25, 0.3) is 5.78 Å². The number of amides is 1. The van der Waals surface area contributed by atoms with Crippen LogP contribution in [0, 0.1) is 6.92 Å². The van der Waals surface area contributed by atoms with E-state index < -0.39 is 17.7 Å². The second-order valence-electron chi connectivity index (χ2n) is 9.98. The number of fused-ring (bicyclic) bond motifs is 2. The fraction of sp³-hybridized carbons (Fsp3) is 0.250. The summed E-state index contributed by atoms with van der Waals surface area (Å²) in [5.41, 5.74) is 2.76. The number of imidazole rings is 1. The Labute approximate surface area is 246 Å². The number of nitrogens with zero attached hydrogens (tertiary/aromatic N) is 4. The van der Waals surface area contributed by atoms with Gasteiger partial charge in [-0.2, -0.15) is 0 Å².